The lowest BCUT2D eigenvalue weighted by atomic mass is 10.0. The predicted molar refractivity (Wildman–Crippen MR) is 78.7 cm³/mol. The minimum atomic E-state index is -0.320. The van der Waals surface area contributed by atoms with E-state index in [0.29, 0.717) is 10.8 Å². The van der Waals surface area contributed by atoms with Gasteiger partial charge in [0.1, 0.15) is 11.5 Å². The molecule has 1 atom stereocenters. The maximum atomic E-state index is 6.50. The highest BCUT2D eigenvalue weighted by Gasteiger charge is 2.16. The molecule has 0 aliphatic carbocycles. The van der Waals surface area contributed by atoms with Gasteiger partial charge in [0.25, 0.3) is 0 Å². The van der Waals surface area contributed by atoms with E-state index in [1.807, 2.05) is 42.5 Å². The van der Waals surface area contributed by atoms with Crippen LogP contribution in [0.2, 0.25) is 5.02 Å². The maximum absolute atomic E-state index is 6.50. The highest BCUT2D eigenvalue weighted by Crippen LogP contribution is 2.37. The zero-order valence-electron chi connectivity index (χ0n) is 10.7. The molecular formula is C15H14Cl2O2. The third kappa shape index (κ3) is 2.96. The smallest absolute Gasteiger partial charge is 0.137 e. The average Bonchev–Trinajstić information content (AvgIpc) is 2.46. The summed E-state index contributed by atoms with van der Waals surface area (Å²) in [5.41, 5.74) is 1.81. The van der Waals surface area contributed by atoms with Gasteiger partial charge in [0.15, 0.2) is 0 Å². The van der Waals surface area contributed by atoms with E-state index < -0.39 is 0 Å². The van der Waals surface area contributed by atoms with Crippen LogP contribution in [0.25, 0.3) is 0 Å². The molecule has 1 unspecified atom stereocenters. The number of hydrogen-bond donors (Lipinski definition) is 0. The van der Waals surface area contributed by atoms with E-state index in [1.165, 1.54) is 0 Å². The van der Waals surface area contributed by atoms with Crippen LogP contribution in [-0.2, 0) is 0 Å². The second-order valence-electron chi connectivity index (χ2n) is 4.00. The summed E-state index contributed by atoms with van der Waals surface area (Å²) in [6.07, 6.45) is 0. The van der Waals surface area contributed by atoms with Crippen LogP contribution >= 0.6 is 23.2 Å². The first-order valence-corrected chi connectivity index (χ1v) is 6.59. The Morgan fingerprint density at radius 1 is 0.947 bits per heavy atom. The summed E-state index contributed by atoms with van der Waals surface area (Å²) < 4.78 is 10.5. The topological polar surface area (TPSA) is 18.5 Å². The van der Waals surface area contributed by atoms with Crippen molar-refractivity contribution in [3.63, 3.8) is 0 Å². The lowest BCUT2D eigenvalue weighted by molar-refractivity contribution is 0.410. The van der Waals surface area contributed by atoms with Gasteiger partial charge >= 0.3 is 0 Å². The van der Waals surface area contributed by atoms with E-state index in [4.69, 9.17) is 32.7 Å². The van der Waals surface area contributed by atoms with Crippen molar-refractivity contribution in [2.24, 2.45) is 0 Å². The lowest BCUT2D eigenvalue weighted by Crippen LogP contribution is -1.97. The minimum absolute atomic E-state index is 0.320. The van der Waals surface area contributed by atoms with E-state index in [2.05, 4.69) is 0 Å². The summed E-state index contributed by atoms with van der Waals surface area (Å²) in [4.78, 5) is 0. The van der Waals surface area contributed by atoms with Crippen molar-refractivity contribution in [2.75, 3.05) is 14.2 Å². The Hall–Kier alpha value is -1.38. The Morgan fingerprint density at radius 3 is 2.26 bits per heavy atom. The summed E-state index contributed by atoms with van der Waals surface area (Å²) in [5, 5.41) is 0.222. The standard InChI is InChI=1S/C15H14Cl2O2/c1-18-13-6-4-3-5-11(13)15(17)10-7-8-14(19-2)12(16)9-10/h3-9,15H,1-2H3. The second kappa shape index (κ2) is 6.18. The van der Waals surface area contributed by atoms with Crippen LogP contribution in [-0.4, -0.2) is 14.2 Å². The van der Waals surface area contributed by atoms with Crippen molar-refractivity contribution in [3.8, 4) is 11.5 Å². The van der Waals surface area contributed by atoms with E-state index in [1.54, 1.807) is 14.2 Å². The zero-order chi connectivity index (χ0) is 13.8. The monoisotopic (exact) mass is 296 g/mol. The van der Waals surface area contributed by atoms with E-state index in [0.717, 1.165) is 16.9 Å². The Balaban J connectivity index is 2.38. The molecule has 2 rings (SSSR count). The van der Waals surface area contributed by atoms with Crippen LogP contribution in [0.15, 0.2) is 42.5 Å². The van der Waals surface area contributed by atoms with Gasteiger partial charge in [-0.05, 0) is 23.8 Å². The molecule has 19 heavy (non-hydrogen) atoms. The van der Waals surface area contributed by atoms with Gasteiger partial charge in [0.05, 0.1) is 24.6 Å². The van der Waals surface area contributed by atoms with Gasteiger partial charge in [-0.15, -0.1) is 11.6 Å². The van der Waals surface area contributed by atoms with Crippen LogP contribution in [0.4, 0.5) is 0 Å². The fourth-order valence-corrected chi connectivity index (χ4v) is 2.48. The third-order valence-electron chi connectivity index (χ3n) is 2.88. The molecule has 0 saturated heterocycles. The van der Waals surface area contributed by atoms with Crippen LogP contribution in [0, 0.1) is 0 Å². The molecule has 0 heterocycles. The van der Waals surface area contributed by atoms with Crippen LogP contribution < -0.4 is 9.47 Å². The average molecular weight is 297 g/mol. The molecule has 100 valence electrons. The van der Waals surface area contributed by atoms with Crippen LogP contribution in [0.5, 0.6) is 11.5 Å². The van der Waals surface area contributed by atoms with Crippen molar-refractivity contribution in [1.29, 1.82) is 0 Å². The van der Waals surface area contributed by atoms with Gasteiger partial charge in [-0.1, -0.05) is 35.9 Å². The predicted octanol–water partition coefficient (Wildman–Crippen LogP) is 4.69. The summed E-state index contributed by atoms with van der Waals surface area (Å²) in [6, 6.07) is 13.2. The summed E-state index contributed by atoms with van der Waals surface area (Å²) in [6.45, 7) is 0. The quantitative estimate of drug-likeness (QED) is 0.762. The molecular weight excluding hydrogens is 283 g/mol. The van der Waals surface area contributed by atoms with Gasteiger partial charge in [0, 0.05) is 5.56 Å². The van der Waals surface area contributed by atoms with Crippen molar-refractivity contribution in [3.05, 3.63) is 58.6 Å². The first-order chi connectivity index (χ1) is 9.17. The van der Waals surface area contributed by atoms with Crippen molar-refractivity contribution in [1.82, 2.24) is 0 Å². The number of rotatable bonds is 4. The molecule has 0 radical (unpaired) electrons. The summed E-state index contributed by atoms with van der Waals surface area (Å²) in [7, 11) is 3.21. The Labute approximate surface area is 122 Å². The molecule has 0 aromatic heterocycles. The van der Waals surface area contributed by atoms with Gasteiger partial charge in [0.2, 0.25) is 0 Å². The normalized spacial score (nSPS) is 12.0. The number of para-hydroxylation sites is 1. The molecule has 4 heteroatoms. The van der Waals surface area contributed by atoms with Gasteiger partial charge in [-0.25, -0.2) is 0 Å². The van der Waals surface area contributed by atoms with Crippen LogP contribution in [0.3, 0.4) is 0 Å². The molecule has 0 amide bonds. The van der Waals surface area contributed by atoms with Gasteiger partial charge in [-0.2, -0.15) is 0 Å². The van der Waals surface area contributed by atoms with Crippen LogP contribution in [0.1, 0.15) is 16.5 Å². The third-order valence-corrected chi connectivity index (χ3v) is 3.66. The molecule has 0 N–H and O–H groups in total. The maximum Gasteiger partial charge on any atom is 0.137 e. The SMILES string of the molecule is COc1ccc(C(Cl)c2ccccc2OC)cc1Cl. The van der Waals surface area contributed by atoms with Gasteiger partial charge < -0.3 is 9.47 Å². The highest BCUT2D eigenvalue weighted by atomic mass is 35.5. The number of methoxy groups -OCH3 is 2. The molecule has 0 bridgehead atoms. The molecule has 0 fully saturated rings. The molecule has 0 aliphatic rings. The first-order valence-electron chi connectivity index (χ1n) is 5.77. The molecule has 2 nitrogen and oxygen atoms in total. The first kappa shape index (κ1) is 14.0. The summed E-state index contributed by atoms with van der Waals surface area (Å²) in [5.74, 6) is 1.39. The van der Waals surface area contributed by atoms with E-state index in [9.17, 15) is 0 Å². The molecule has 0 aliphatic heterocycles. The largest absolute Gasteiger partial charge is 0.496 e. The molecule has 0 saturated carbocycles. The Kier molecular flexibility index (Phi) is 4.56. The second-order valence-corrected chi connectivity index (χ2v) is 4.84. The van der Waals surface area contributed by atoms with Crippen molar-refractivity contribution in [2.45, 2.75) is 5.38 Å². The summed E-state index contributed by atoms with van der Waals surface area (Å²) >= 11 is 12.6. The van der Waals surface area contributed by atoms with E-state index in [-0.39, 0.29) is 5.38 Å². The molecule has 2 aromatic carbocycles. The number of ether oxygens (including phenoxy) is 2. The number of benzene rings is 2. The zero-order valence-corrected chi connectivity index (χ0v) is 12.2. The van der Waals surface area contributed by atoms with Gasteiger partial charge in [-0.3, -0.25) is 0 Å². The number of alkyl halides is 1. The Bertz CT molecular complexity index is 570. The lowest BCUT2D eigenvalue weighted by Gasteiger charge is -2.15. The fourth-order valence-electron chi connectivity index (χ4n) is 1.90. The van der Waals surface area contributed by atoms with E-state index >= 15 is 0 Å². The minimum Gasteiger partial charge on any atom is -0.496 e. The fraction of sp³-hybridized carbons (Fsp3) is 0.200. The number of halogens is 2. The van der Waals surface area contributed by atoms with Crippen molar-refractivity contribution >= 4 is 23.2 Å². The van der Waals surface area contributed by atoms with Crippen molar-refractivity contribution < 1.29 is 9.47 Å². The molecule has 2 aromatic rings. The number of hydrogen-bond acceptors (Lipinski definition) is 2. The highest BCUT2D eigenvalue weighted by molar-refractivity contribution is 6.32. The Morgan fingerprint density at radius 2 is 1.63 bits per heavy atom. The molecule has 0 spiro atoms.